The number of fused-ring (bicyclic) bond motifs is 2. The first-order valence-electron chi connectivity index (χ1n) is 17.7. The van der Waals surface area contributed by atoms with Crippen LogP contribution < -0.4 is 15.1 Å². The van der Waals surface area contributed by atoms with Gasteiger partial charge in [-0.3, -0.25) is 0 Å². The molecule has 4 aliphatic heterocycles. The van der Waals surface area contributed by atoms with E-state index < -0.39 is 11.7 Å². The van der Waals surface area contributed by atoms with Gasteiger partial charge in [-0.15, -0.1) is 5.10 Å². The van der Waals surface area contributed by atoms with Gasteiger partial charge < -0.3 is 34.1 Å². The summed E-state index contributed by atoms with van der Waals surface area (Å²) in [5.74, 6) is 1.47. The molecule has 3 aromatic rings. The second kappa shape index (κ2) is 13.1. The van der Waals surface area contributed by atoms with Crippen molar-refractivity contribution in [2.24, 2.45) is 5.41 Å². The maximum absolute atomic E-state index is 12.8. The molecule has 1 N–H and O–H groups in total. The van der Waals surface area contributed by atoms with E-state index in [2.05, 4.69) is 22.0 Å². The molecule has 6 heterocycles. The monoisotopic (exact) mass is 675 g/mol. The number of nitrogens with one attached hydrogen (secondary N) is 1. The van der Waals surface area contributed by atoms with Crippen LogP contribution in [0, 0.1) is 5.41 Å². The number of rotatable bonds is 5. The highest BCUT2D eigenvalue weighted by atomic mass is 16.6. The average molecular weight is 676 g/mol. The largest absolute Gasteiger partial charge is 0.465 e. The second-order valence-corrected chi connectivity index (χ2v) is 15.1. The Kier molecular flexibility index (Phi) is 8.93. The van der Waals surface area contributed by atoms with E-state index in [0.29, 0.717) is 24.4 Å². The zero-order valence-corrected chi connectivity index (χ0v) is 29.5. The van der Waals surface area contributed by atoms with Crippen LogP contribution in [-0.4, -0.2) is 89.5 Å². The maximum atomic E-state index is 12.8. The van der Waals surface area contributed by atoms with Crippen molar-refractivity contribution in [3.8, 4) is 0 Å². The molecule has 49 heavy (non-hydrogen) atoms. The molecule has 1 unspecified atom stereocenters. The standard InChI is InChI=1S/C36H49N7O6/c1-22-12-15-42(26-11-10-24(19-25(22)26)33(44)46-6)32-29-31(43(40-32)28-9-7-8-18-47-28)38-27(20-37-29)41-16-13-36(14-17-41)21-48-23(2)30(36)39-34(45)49-35(3,4)5/h10-11,19-20,22-23,28,30H,7-9,12-18,21H2,1-6H3,(H,39,45)/t22-,23-,28?,30+/m0/s1. The van der Waals surface area contributed by atoms with Gasteiger partial charge in [0.15, 0.2) is 23.2 Å². The van der Waals surface area contributed by atoms with Crippen molar-refractivity contribution >= 4 is 40.5 Å². The third kappa shape index (κ3) is 6.42. The molecule has 1 aromatic carbocycles. The highest BCUT2D eigenvalue weighted by molar-refractivity contribution is 5.92. The number of piperidine rings is 1. The molecule has 1 spiro atoms. The average Bonchev–Trinajstić information content (AvgIpc) is 3.61. The Labute approximate surface area is 287 Å². The molecular formula is C36H49N7O6. The number of alkyl carbamates (subject to hydrolysis) is 1. The van der Waals surface area contributed by atoms with E-state index >= 15 is 0 Å². The number of ether oxygens (including phenoxy) is 4. The van der Waals surface area contributed by atoms with E-state index in [4.69, 9.17) is 34.0 Å². The fourth-order valence-corrected chi connectivity index (χ4v) is 7.92. The van der Waals surface area contributed by atoms with Crippen LogP contribution in [0.2, 0.25) is 0 Å². The lowest BCUT2D eigenvalue weighted by Gasteiger charge is -2.42. The van der Waals surface area contributed by atoms with Crippen molar-refractivity contribution in [1.29, 1.82) is 0 Å². The number of esters is 1. The minimum Gasteiger partial charge on any atom is -0.465 e. The van der Waals surface area contributed by atoms with Crippen molar-refractivity contribution in [3.05, 3.63) is 35.5 Å². The molecule has 4 atom stereocenters. The molecule has 4 aliphatic rings. The number of methoxy groups -OCH3 is 1. The van der Waals surface area contributed by atoms with Gasteiger partial charge in [0.2, 0.25) is 0 Å². The van der Waals surface area contributed by atoms with Crippen molar-refractivity contribution in [3.63, 3.8) is 0 Å². The zero-order chi connectivity index (χ0) is 34.5. The topological polar surface area (TPSA) is 133 Å². The molecule has 1 amide bonds. The lowest BCUT2D eigenvalue weighted by molar-refractivity contribution is -0.0368. The van der Waals surface area contributed by atoms with E-state index in [1.165, 1.54) is 7.11 Å². The molecule has 13 heteroatoms. The van der Waals surface area contributed by atoms with Gasteiger partial charge in [-0.2, -0.15) is 0 Å². The minimum atomic E-state index is -0.570. The van der Waals surface area contributed by atoms with Crippen molar-refractivity contribution in [2.45, 2.75) is 103 Å². The number of hydrogen-bond acceptors (Lipinski definition) is 11. The van der Waals surface area contributed by atoms with Gasteiger partial charge in [-0.05, 0) is 95.9 Å². The molecule has 7 rings (SSSR count). The first kappa shape index (κ1) is 33.5. The van der Waals surface area contributed by atoms with Crippen LogP contribution in [0.5, 0.6) is 0 Å². The van der Waals surface area contributed by atoms with Crippen LogP contribution in [0.1, 0.15) is 101 Å². The van der Waals surface area contributed by atoms with Crippen LogP contribution >= 0.6 is 0 Å². The predicted octanol–water partition coefficient (Wildman–Crippen LogP) is 5.86. The highest BCUT2D eigenvalue weighted by Gasteiger charge is 2.50. The summed E-state index contributed by atoms with van der Waals surface area (Å²) in [5, 5.41) is 8.30. The Morgan fingerprint density at radius 1 is 1.06 bits per heavy atom. The molecule has 3 fully saturated rings. The normalized spacial score (nSPS) is 25.3. The van der Waals surface area contributed by atoms with Gasteiger partial charge in [-0.25, -0.2) is 24.2 Å². The minimum absolute atomic E-state index is 0.103. The summed E-state index contributed by atoms with van der Waals surface area (Å²) >= 11 is 0. The Morgan fingerprint density at radius 3 is 2.57 bits per heavy atom. The van der Waals surface area contributed by atoms with E-state index in [1.54, 1.807) is 0 Å². The Morgan fingerprint density at radius 2 is 1.86 bits per heavy atom. The first-order chi connectivity index (χ1) is 23.5. The predicted molar refractivity (Wildman–Crippen MR) is 184 cm³/mol. The van der Waals surface area contributed by atoms with E-state index in [0.717, 1.165) is 86.6 Å². The van der Waals surface area contributed by atoms with Crippen molar-refractivity contribution in [2.75, 3.05) is 49.8 Å². The van der Waals surface area contributed by atoms with E-state index in [1.807, 2.05) is 56.8 Å². The van der Waals surface area contributed by atoms with Crippen LogP contribution in [0.4, 0.5) is 22.1 Å². The molecule has 2 aromatic heterocycles. The maximum Gasteiger partial charge on any atom is 0.407 e. The molecule has 0 radical (unpaired) electrons. The second-order valence-electron chi connectivity index (χ2n) is 15.1. The summed E-state index contributed by atoms with van der Waals surface area (Å²) in [6, 6.07) is 5.61. The summed E-state index contributed by atoms with van der Waals surface area (Å²) in [6.07, 6.45) is 6.65. The SMILES string of the molecule is COC(=O)c1ccc2c(c1)[C@@H](C)CCN2c1nn(C2CCCCO2)c2nc(N3CCC4(CC3)CO[C@@H](C)[C@H]4NC(=O)OC(C)(C)C)cnc12. The molecule has 0 aliphatic carbocycles. The van der Waals surface area contributed by atoms with Gasteiger partial charge >= 0.3 is 12.1 Å². The van der Waals surface area contributed by atoms with Gasteiger partial charge in [0, 0.05) is 37.3 Å². The van der Waals surface area contributed by atoms with Crippen molar-refractivity contribution < 1.29 is 28.5 Å². The third-order valence-electron chi connectivity index (χ3n) is 10.6. The molecule has 0 saturated carbocycles. The number of carbonyl (C=O) groups excluding carboxylic acids is 2. The number of nitrogens with zero attached hydrogens (tertiary/aromatic N) is 6. The fourth-order valence-electron chi connectivity index (χ4n) is 7.92. The number of benzene rings is 1. The van der Waals surface area contributed by atoms with Crippen molar-refractivity contribution in [1.82, 2.24) is 25.1 Å². The van der Waals surface area contributed by atoms with Crippen LogP contribution in [-0.2, 0) is 18.9 Å². The number of amides is 1. The molecule has 264 valence electrons. The van der Waals surface area contributed by atoms with Crippen LogP contribution in [0.3, 0.4) is 0 Å². The van der Waals surface area contributed by atoms with Gasteiger partial charge in [0.1, 0.15) is 11.4 Å². The molecular weight excluding hydrogens is 626 g/mol. The summed E-state index contributed by atoms with van der Waals surface area (Å²) in [6.45, 7) is 13.4. The summed E-state index contributed by atoms with van der Waals surface area (Å²) in [5.41, 5.74) is 3.32. The number of anilines is 3. The van der Waals surface area contributed by atoms with Crippen LogP contribution in [0.25, 0.3) is 11.2 Å². The number of carbonyl (C=O) groups is 2. The quantitative estimate of drug-likeness (QED) is 0.326. The van der Waals surface area contributed by atoms with Gasteiger partial charge in [-0.1, -0.05) is 6.92 Å². The van der Waals surface area contributed by atoms with Gasteiger partial charge in [0.05, 0.1) is 37.6 Å². The third-order valence-corrected chi connectivity index (χ3v) is 10.6. The van der Waals surface area contributed by atoms with Gasteiger partial charge in [0.25, 0.3) is 0 Å². The molecule has 3 saturated heterocycles. The highest BCUT2D eigenvalue weighted by Crippen LogP contribution is 2.45. The summed E-state index contributed by atoms with van der Waals surface area (Å²) in [4.78, 5) is 39.8. The first-order valence-corrected chi connectivity index (χ1v) is 17.7. The van der Waals surface area contributed by atoms with Crippen LogP contribution in [0.15, 0.2) is 24.4 Å². The lowest BCUT2D eigenvalue weighted by atomic mass is 9.73. The molecule has 13 nitrogen and oxygen atoms in total. The summed E-state index contributed by atoms with van der Waals surface area (Å²) in [7, 11) is 1.41. The van der Waals surface area contributed by atoms with E-state index in [9.17, 15) is 9.59 Å². The smallest absolute Gasteiger partial charge is 0.407 e. The number of hydrogen-bond donors (Lipinski definition) is 1. The molecule has 0 bridgehead atoms. The number of aromatic nitrogens is 4. The fraction of sp³-hybridized carbons (Fsp3) is 0.639. The zero-order valence-electron chi connectivity index (χ0n) is 29.5. The Balaban J connectivity index is 1.18. The Hall–Kier alpha value is -3.97. The van der Waals surface area contributed by atoms with E-state index in [-0.39, 0.29) is 35.7 Å². The Bertz CT molecular complexity index is 1710. The summed E-state index contributed by atoms with van der Waals surface area (Å²) < 4.78 is 24.9. The lowest BCUT2D eigenvalue weighted by Crippen LogP contribution is -2.55.